The van der Waals surface area contributed by atoms with E-state index in [4.69, 9.17) is 5.14 Å². The highest BCUT2D eigenvalue weighted by Gasteiger charge is 2.37. The zero-order valence-corrected chi connectivity index (χ0v) is 13.9. The summed E-state index contributed by atoms with van der Waals surface area (Å²) in [6, 6.07) is 3.13. The molecule has 1 atom stereocenters. The van der Waals surface area contributed by atoms with Crippen LogP contribution in [0.3, 0.4) is 0 Å². The zero-order valence-electron chi connectivity index (χ0n) is 13.1. The highest BCUT2D eigenvalue weighted by atomic mass is 32.2. The second-order valence-corrected chi connectivity index (χ2v) is 8.39. The average molecular weight is 350 g/mol. The quantitative estimate of drug-likeness (QED) is 0.872. The zero-order chi connectivity index (χ0) is 17.5. The minimum atomic E-state index is -4.79. The van der Waals surface area contributed by atoms with Gasteiger partial charge in [0.25, 0.3) is 0 Å². The molecular formula is C15H21F3N2O2S. The Kier molecular flexibility index (Phi) is 4.69. The number of nitrogens with two attached hydrogens (primary N) is 1. The van der Waals surface area contributed by atoms with Gasteiger partial charge in [0.1, 0.15) is 0 Å². The molecule has 1 aromatic rings. The molecule has 1 aromatic carbocycles. The molecule has 0 bridgehead atoms. The SMILES string of the molecule is CC1(C)CCCC(Nc2ccc(S(N)(=O)=O)c(C(F)(F)F)c2)C1. The van der Waals surface area contributed by atoms with Crippen LogP contribution in [0.1, 0.15) is 45.1 Å². The second-order valence-electron chi connectivity index (χ2n) is 6.86. The van der Waals surface area contributed by atoms with Gasteiger partial charge in [-0.05, 0) is 42.9 Å². The molecule has 1 aliphatic rings. The lowest BCUT2D eigenvalue weighted by Crippen LogP contribution is -2.31. The molecule has 130 valence electrons. The number of anilines is 1. The first kappa shape index (κ1) is 18.1. The number of nitrogens with one attached hydrogen (secondary N) is 1. The molecule has 4 nitrogen and oxygen atoms in total. The number of rotatable bonds is 3. The van der Waals surface area contributed by atoms with Crippen molar-refractivity contribution in [2.45, 2.75) is 56.6 Å². The summed E-state index contributed by atoms with van der Waals surface area (Å²) < 4.78 is 62.0. The molecule has 1 saturated carbocycles. The van der Waals surface area contributed by atoms with Crippen LogP contribution in [0, 0.1) is 5.41 Å². The van der Waals surface area contributed by atoms with Gasteiger partial charge in [-0.3, -0.25) is 0 Å². The van der Waals surface area contributed by atoms with E-state index in [2.05, 4.69) is 19.2 Å². The third-order valence-corrected chi connectivity index (χ3v) is 5.14. The molecule has 0 aromatic heterocycles. The molecule has 1 aliphatic carbocycles. The smallest absolute Gasteiger partial charge is 0.382 e. The molecule has 3 N–H and O–H groups in total. The highest BCUT2D eigenvalue weighted by molar-refractivity contribution is 7.89. The van der Waals surface area contributed by atoms with Crippen molar-refractivity contribution in [3.8, 4) is 0 Å². The molecule has 23 heavy (non-hydrogen) atoms. The second kappa shape index (κ2) is 5.98. The Hall–Kier alpha value is -1.28. The van der Waals surface area contributed by atoms with E-state index in [1.807, 2.05) is 0 Å². The topological polar surface area (TPSA) is 72.2 Å². The van der Waals surface area contributed by atoms with Crippen LogP contribution in [0.4, 0.5) is 18.9 Å². The largest absolute Gasteiger partial charge is 0.417 e. The molecule has 0 spiro atoms. The van der Waals surface area contributed by atoms with E-state index in [1.54, 1.807) is 0 Å². The number of sulfonamides is 1. The van der Waals surface area contributed by atoms with Crippen molar-refractivity contribution in [2.24, 2.45) is 10.6 Å². The first-order valence-corrected chi connectivity index (χ1v) is 8.94. The van der Waals surface area contributed by atoms with E-state index in [-0.39, 0.29) is 17.1 Å². The van der Waals surface area contributed by atoms with E-state index in [0.29, 0.717) is 0 Å². The standard InChI is InChI=1S/C15H21F3N2O2S/c1-14(2)7-3-4-11(9-14)20-10-5-6-13(23(19,21)22)12(8-10)15(16,17)18/h5-6,8,11,20H,3-4,7,9H2,1-2H3,(H2,19,21,22). The summed E-state index contributed by atoms with van der Waals surface area (Å²) in [4.78, 5) is -0.903. The van der Waals surface area contributed by atoms with Gasteiger partial charge in [0.15, 0.2) is 0 Å². The van der Waals surface area contributed by atoms with Crippen molar-refractivity contribution < 1.29 is 21.6 Å². The summed E-state index contributed by atoms with van der Waals surface area (Å²) in [5, 5.41) is 7.97. The van der Waals surface area contributed by atoms with Gasteiger partial charge >= 0.3 is 6.18 Å². The Balaban J connectivity index is 2.31. The van der Waals surface area contributed by atoms with Gasteiger partial charge in [0, 0.05) is 11.7 Å². The minimum Gasteiger partial charge on any atom is -0.382 e. The summed E-state index contributed by atoms with van der Waals surface area (Å²) in [5.74, 6) is 0. The predicted octanol–water partition coefficient (Wildman–Crippen LogP) is 3.73. The van der Waals surface area contributed by atoms with Gasteiger partial charge in [-0.15, -0.1) is 0 Å². The van der Waals surface area contributed by atoms with Gasteiger partial charge in [0.2, 0.25) is 10.0 Å². The maximum absolute atomic E-state index is 13.1. The summed E-state index contributed by atoms with van der Waals surface area (Å²) >= 11 is 0. The molecule has 0 radical (unpaired) electrons. The summed E-state index contributed by atoms with van der Waals surface area (Å²) in [6.07, 6.45) is -0.965. The Morgan fingerprint density at radius 2 is 1.96 bits per heavy atom. The van der Waals surface area contributed by atoms with Crippen LogP contribution in [-0.4, -0.2) is 14.5 Å². The van der Waals surface area contributed by atoms with Crippen molar-refractivity contribution in [3.63, 3.8) is 0 Å². The van der Waals surface area contributed by atoms with Crippen LogP contribution in [-0.2, 0) is 16.2 Å². The summed E-state index contributed by atoms with van der Waals surface area (Å²) in [7, 11) is -4.43. The number of primary sulfonamides is 1. The Morgan fingerprint density at radius 1 is 1.30 bits per heavy atom. The molecule has 0 aliphatic heterocycles. The van der Waals surface area contributed by atoms with Gasteiger partial charge < -0.3 is 5.32 Å². The number of halogens is 3. The van der Waals surface area contributed by atoms with Crippen LogP contribution in [0.2, 0.25) is 0 Å². The Morgan fingerprint density at radius 3 is 2.48 bits per heavy atom. The molecule has 1 unspecified atom stereocenters. The lowest BCUT2D eigenvalue weighted by molar-refractivity contribution is -0.139. The molecular weight excluding hydrogens is 329 g/mol. The molecule has 8 heteroatoms. The fourth-order valence-corrected chi connectivity index (χ4v) is 3.89. The van der Waals surface area contributed by atoms with Crippen LogP contribution in [0.5, 0.6) is 0 Å². The Bertz CT molecular complexity index is 684. The van der Waals surface area contributed by atoms with Crippen molar-refractivity contribution in [2.75, 3.05) is 5.32 Å². The highest BCUT2D eigenvalue weighted by Crippen LogP contribution is 2.38. The molecule has 0 saturated heterocycles. The summed E-state index contributed by atoms with van der Waals surface area (Å²) in [5.41, 5.74) is -0.837. The lowest BCUT2D eigenvalue weighted by atomic mass is 9.75. The van der Waals surface area contributed by atoms with Crippen LogP contribution in [0.25, 0.3) is 0 Å². The van der Waals surface area contributed by atoms with Gasteiger partial charge in [0.05, 0.1) is 10.5 Å². The molecule has 0 amide bonds. The van der Waals surface area contributed by atoms with Gasteiger partial charge in [-0.2, -0.15) is 13.2 Å². The van der Waals surface area contributed by atoms with Crippen molar-refractivity contribution in [1.29, 1.82) is 0 Å². The van der Waals surface area contributed by atoms with Gasteiger partial charge in [-0.25, -0.2) is 13.6 Å². The number of benzene rings is 1. The monoisotopic (exact) mass is 350 g/mol. The predicted molar refractivity (Wildman–Crippen MR) is 82.5 cm³/mol. The van der Waals surface area contributed by atoms with E-state index < -0.39 is 26.7 Å². The van der Waals surface area contributed by atoms with Crippen LogP contribution < -0.4 is 10.5 Å². The minimum absolute atomic E-state index is 0.0696. The molecule has 0 heterocycles. The average Bonchev–Trinajstić information content (AvgIpc) is 2.35. The van der Waals surface area contributed by atoms with Crippen molar-refractivity contribution in [3.05, 3.63) is 23.8 Å². The van der Waals surface area contributed by atoms with Crippen molar-refractivity contribution >= 4 is 15.7 Å². The fourth-order valence-electron chi connectivity index (χ4n) is 3.15. The fraction of sp³-hybridized carbons (Fsp3) is 0.600. The van der Waals surface area contributed by atoms with E-state index >= 15 is 0 Å². The van der Waals surface area contributed by atoms with E-state index in [9.17, 15) is 21.6 Å². The molecule has 2 rings (SSSR count). The maximum Gasteiger partial charge on any atom is 0.417 e. The lowest BCUT2D eigenvalue weighted by Gasteiger charge is -2.36. The van der Waals surface area contributed by atoms with E-state index in [0.717, 1.165) is 37.8 Å². The number of hydrogen-bond donors (Lipinski definition) is 2. The number of alkyl halides is 3. The summed E-state index contributed by atoms with van der Waals surface area (Å²) in [6.45, 7) is 4.26. The maximum atomic E-state index is 13.1. The van der Waals surface area contributed by atoms with Crippen LogP contribution >= 0.6 is 0 Å². The third kappa shape index (κ3) is 4.60. The first-order chi connectivity index (χ1) is 10.4. The third-order valence-electron chi connectivity index (χ3n) is 4.17. The Labute approximate surface area is 134 Å². The van der Waals surface area contributed by atoms with Gasteiger partial charge in [-0.1, -0.05) is 20.3 Å². The first-order valence-electron chi connectivity index (χ1n) is 7.39. The normalized spacial score (nSPS) is 21.9. The van der Waals surface area contributed by atoms with Crippen LogP contribution in [0.15, 0.2) is 23.1 Å². The molecule has 1 fully saturated rings. The number of hydrogen-bond acceptors (Lipinski definition) is 3. The van der Waals surface area contributed by atoms with E-state index in [1.165, 1.54) is 6.07 Å². The van der Waals surface area contributed by atoms with Crippen molar-refractivity contribution in [1.82, 2.24) is 0 Å².